The maximum absolute atomic E-state index is 12.6. The van der Waals surface area contributed by atoms with E-state index in [9.17, 15) is 13.2 Å². The highest BCUT2D eigenvalue weighted by molar-refractivity contribution is 7.93. The van der Waals surface area contributed by atoms with Crippen LogP contribution in [-0.4, -0.2) is 35.8 Å². The number of benzene rings is 1. The van der Waals surface area contributed by atoms with Gasteiger partial charge in [0.05, 0.1) is 5.25 Å². The van der Waals surface area contributed by atoms with Crippen molar-refractivity contribution in [3.63, 3.8) is 0 Å². The van der Waals surface area contributed by atoms with E-state index in [1.54, 1.807) is 4.90 Å². The van der Waals surface area contributed by atoms with E-state index in [1.807, 2.05) is 26.0 Å². The van der Waals surface area contributed by atoms with Gasteiger partial charge >= 0.3 is 0 Å². The zero-order valence-electron chi connectivity index (χ0n) is 13.4. The summed E-state index contributed by atoms with van der Waals surface area (Å²) < 4.78 is 24.2. The third-order valence-corrected chi connectivity index (χ3v) is 6.97. The Morgan fingerprint density at radius 2 is 2.00 bits per heavy atom. The number of amides is 1. The Hall–Kier alpha value is -1.36. The van der Waals surface area contributed by atoms with Crippen molar-refractivity contribution in [1.82, 2.24) is 4.90 Å². The molecule has 4 nitrogen and oxygen atoms in total. The highest BCUT2D eigenvalue weighted by atomic mass is 32.2. The van der Waals surface area contributed by atoms with Gasteiger partial charge in [-0.05, 0) is 56.7 Å². The van der Waals surface area contributed by atoms with Crippen LogP contribution in [0.15, 0.2) is 18.2 Å². The molecule has 0 saturated heterocycles. The summed E-state index contributed by atoms with van der Waals surface area (Å²) in [6, 6.07) is 6.12. The van der Waals surface area contributed by atoms with Gasteiger partial charge in [0.2, 0.25) is 5.91 Å². The van der Waals surface area contributed by atoms with Crippen LogP contribution in [0.2, 0.25) is 0 Å². The van der Waals surface area contributed by atoms with Crippen molar-refractivity contribution in [1.29, 1.82) is 0 Å². The lowest BCUT2D eigenvalue weighted by molar-refractivity contribution is -0.135. The minimum absolute atomic E-state index is 0.260. The number of carbonyl (C=O) groups excluding carboxylic acids is 1. The first-order valence-corrected chi connectivity index (χ1v) is 9.52. The molecule has 1 fully saturated rings. The zero-order chi connectivity index (χ0) is 16.1. The largest absolute Gasteiger partial charge is 0.332 e. The van der Waals surface area contributed by atoms with E-state index in [4.69, 9.17) is 0 Å². The lowest BCUT2D eigenvalue weighted by Gasteiger charge is -2.44. The van der Waals surface area contributed by atoms with E-state index in [1.165, 1.54) is 11.1 Å². The van der Waals surface area contributed by atoms with Crippen molar-refractivity contribution in [2.75, 3.05) is 5.75 Å². The third kappa shape index (κ3) is 2.78. The molecule has 0 aromatic heterocycles. The molecule has 0 N–H and O–H groups in total. The van der Waals surface area contributed by atoms with Crippen LogP contribution in [0.5, 0.6) is 0 Å². The number of rotatable bonds is 3. The molecule has 0 atom stereocenters. The molecular weight excluding hydrogens is 298 g/mol. The highest BCUT2D eigenvalue weighted by Gasteiger charge is 2.41. The molecule has 0 unspecified atom stereocenters. The number of hydrogen-bond acceptors (Lipinski definition) is 3. The van der Waals surface area contributed by atoms with Crippen LogP contribution in [0.1, 0.15) is 43.4 Å². The fraction of sp³-hybridized carbons (Fsp3) is 0.588. The van der Waals surface area contributed by atoms with Crippen LogP contribution in [0, 0.1) is 6.92 Å². The van der Waals surface area contributed by atoms with Crippen molar-refractivity contribution in [3.05, 3.63) is 34.9 Å². The van der Waals surface area contributed by atoms with Crippen molar-refractivity contribution < 1.29 is 13.2 Å². The standard InChI is InChI=1S/C17H23NO3S/c1-12-5-4-6-13-10-18(17(2,3)9-15(12)13)16(19)11-22(20,21)14-7-8-14/h4-6,14H,7-11H2,1-3H3. The average Bonchev–Trinajstić information content (AvgIpc) is 3.22. The Balaban J connectivity index is 1.86. The van der Waals surface area contributed by atoms with Crippen LogP contribution >= 0.6 is 0 Å². The first-order chi connectivity index (χ1) is 10.2. The molecule has 0 spiro atoms. The summed E-state index contributed by atoms with van der Waals surface area (Å²) in [4.78, 5) is 14.3. The number of fused-ring (bicyclic) bond motifs is 1. The molecule has 1 aromatic rings. The van der Waals surface area contributed by atoms with Gasteiger partial charge in [0, 0.05) is 12.1 Å². The first-order valence-electron chi connectivity index (χ1n) is 7.80. The SMILES string of the molecule is Cc1cccc2c1CC(C)(C)N(C(=O)CS(=O)(=O)C1CC1)C2. The quantitative estimate of drug-likeness (QED) is 0.858. The third-order valence-electron chi connectivity index (χ3n) is 4.83. The second kappa shape index (κ2) is 5.08. The summed E-state index contributed by atoms with van der Waals surface area (Å²) in [5, 5.41) is -0.279. The Morgan fingerprint density at radius 3 is 2.64 bits per heavy atom. The number of hydrogen-bond donors (Lipinski definition) is 0. The predicted molar refractivity (Wildman–Crippen MR) is 86.3 cm³/mol. The molecule has 1 aliphatic heterocycles. The molecule has 1 aliphatic carbocycles. The topological polar surface area (TPSA) is 54.5 Å². The van der Waals surface area contributed by atoms with Gasteiger partial charge in [-0.1, -0.05) is 18.2 Å². The summed E-state index contributed by atoms with van der Waals surface area (Å²) in [7, 11) is -3.26. The molecule has 1 heterocycles. The Bertz CT molecular complexity index is 717. The van der Waals surface area contributed by atoms with Crippen molar-refractivity contribution in [3.8, 4) is 0 Å². The van der Waals surface area contributed by atoms with Crippen LogP contribution < -0.4 is 0 Å². The highest BCUT2D eigenvalue weighted by Crippen LogP contribution is 2.34. The molecular formula is C17H23NO3S. The number of aryl methyl sites for hydroxylation is 1. The van der Waals surface area contributed by atoms with Gasteiger partial charge in [-0.2, -0.15) is 0 Å². The molecule has 5 heteroatoms. The van der Waals surface area contributed by atoms with Gasteiger partial charge < -0.3 is 4.90 Å². The van der Waals surface area contributed by atoms with E-state index >= 15 is 0 Å². The molecule has 1 amide bonds. The molecule has 120 valence electrons. The van der Waals surface area contributed by atoms with Gasteiger partial charge in [-0.3, -0.25) is 4.79 Å². The summed E-state index contributed by atoms with van der Waals surface area (Å²) in [6.45, 7) is 6.63. The zero-order valence-corrected chi connectivity index (χ0v) is 14.2. The van der Waals surface area contributed by atoms with Crippen LogP contribution in [0.25, 0.3) is 0 Å². The van der Waals surface area contributed by atoms with Gasteiger partial charge in [-0.25, -0.2) is 8.42 Å². The maximum atomic E-state index is 12.6. The smallest absolute Gasteiger partial charge is 0.238 e. The second-order valence-electron chi connectivity index (χ2n) is 7.19. The van der Waals surface area contributed by atoms with Crippen LogP contribution in [-0.2, 0) is 27.6 Å². The van der Waals surface area contributed by atoms with Crippen molar-refractivity contribution >= 4 is 15.7 Å². The van der Waals surface area contributed by atoms with Crippen LogP contribution in [0.3, 0.4) is 0 Å². The Labute approximate surface area is 132 Å². The lowest BCUT2D eigenvalue weighted by Crippen LogP contribution is -2.53. The Morgan fingerprint density at radius 1 is 1.32 bits per heavy atom. The predicted octanol–water partition coefficient (Wildman–Crippen LogP) is 2.24. The first kappa shape index (κ1) is 15.5. The van der Waals surface area contributed by atoms with Crippen LogP contribution in [0.4, 0.5) is 0 Å². The van der Waals surface area contributed by atoms with Crippen molar-refractivity contribution in [2.45, 2.75) is 57.4 Å². The summed E-state index contributed by atoms with van der Waals surface area (Å²) in [5.41, 5.74) is 3.32. The van der Waals surface area contributed by atoms with E-state index in [0.29, 0.717) is 19.4 Å². The van der Waals surface area contributed by atoms with E-state index in [2.05, 4.69) is 13.0 Å². The molecule has 1 aromatic carbocycles. The average molecular weight is 321 g/mol. The lowest BCUT2D eigenvalue weighted by atomic mass is 9.83. The number of nitrogens with zero attached hydrogens (tertiary/aromatic N) is 1. The maximum Gasteiger partial charge on any atom is 0.238 e. The molecule has 3 rings (SSSR count). The van der Waals surface area contributed by atoms with Gasteiger partial charge in [0.25, 0.3) is 0 Å². The monoisotopic (exact) mass is 321 g/mol. The number of sulfone groups is 1. The van der Waals surface area contributed by atoms with Gasteiger partial charge in [-0.15, -0.1) is 0 Å². The van der Waals surface area contributed by atoms with E-state index < -0.39 is 9.84 Å². The molecule has 1 saturated carbocycles. The summed E-state index contributed by atoms with van der Waals surface area (Å²) in [6.07, 6.45) is 2.19. The molecule has 2 aliphatic rings. The molecule has 22 heavy (non-hydrogen) atoms. The van der Waals surface area contributed by atoms with E-state index in [-0.39, 0.29) is 22.4 Å². The van der Waals surface area contributed by atoms with Crippen molar-refractivity contribution in [2.24, 2.45) is 0 Å². The minimum Gasteiger partial charge on any atom is -0.332 e. The van der Waals surface area contributed by atoms with Gasteiger partial charge in [0.1, 0.15) is 5.75 Å². The normalized spacial score (nSPS) is 20.6. The number of carbonyl (C=O) groups is 1. The molecule has 0 radical (unpaired) electrons. The molecule has 0 bridgehead atoms. The minimum atomic E-state index is -3.26. The fourth-order valence-electron chi connectivity index (χ4n) is 3.30. The van der Waals surface area contributed by atoms with Gasteiger partial charge in [0.15, 0.2) is 9.84 Å². The fourth-order valence-corrected chi connectivity index (χ4v) is 4.89. The summed E-state index contributed by atoms with van der Waals surface area (Å²) in [5.74, 6) is -0.605. The second-order valence-corrected chi connectivity index (χ2v) is 9.47. The summed E-state index contributed by atoms with van der Waals surface area (Å²) >= 11 is 0. The Kier molecular flexibility index (Phi) is 3.59. The van der Waals surface area contributed by atoms with E-state index in [0.717, 1.165) is 12.0 Å².